The van der Waals surface area contributed by atoms with E-state index in [0.717, 1.165) is 40.6 Å². The predicted molar refractivity (Wildman–Crippen MR) is 106 cm³/mol. The SMILES string of the molecule is O=C(CN1C(=O)C2CCCCC2C1=O)NCc1ccc(-c2ccc(Br)cc2)o1. The molecule has 146 valence electrons. The highest BCUT2D eigenvalue weighted by atomic mass is 79.9. The number of nitrogens with one attached hydrogen (secondary N) is 1. The summed E-state index contributed by atoms with van der Waals surface area (Å²) < 4.78 is 6.76. The Morgan fingerprint density at radius 3 is 2.32 bits per heavy atom. The Morgan fingerprint density at radius 2 is 1.68 bits per heavy atom. The number of carbonyl (C=O) groups excluding carboxylic acids is 3. The van der Waals surface area contributed by atoms with Crippen molar-refractivity contribution in [3.05, 3.63) is 46.6 Å². The molecule has 7 heteroatoms. The topological polar surface area (TPSA) is 79.6 Å². The fraction of sp³-hybridized carbons (Fsp3) is 0.381. The number of rotatable bonds is 5. The molecule has 2 fully saturated rings. The van der Waals surface area contributed by atoms with Crippen LogP contribution in [0, 0.1) is 11.8 Å². The summed E-state index contributed by atoms with van der Waals surface area (Å²) in [5.41, 5.74) is 0.941. The summed E-state index contributed by atoms with van der Waals surface area (Å²) in [4.78, 5) is 38.3. The summed E-state index contributed by atoms with van der Waals surface area (Å²) >= 11 is 3.40. The lowest BCUT2D eigenvalue weighted by molar-refractivity contribution is -0.143. The molecule has 1 saturated heterocycles. The molecule has 1 saturated carbocycles. The first kappa shape index (κ1) is 18.9. The summed E-state index contributed by atoms with van der Waals surface area (Å²) in [7, 11) is 0. The monoisotopic (exact) mass is 444 g/mol. The molecule has 0 radical (unpaired) electrons. The third-order valence-electron chi connectivity index (χ3n) is 5.48. The van der Waals surface area contributed by atoms with Crippen LogP contribution in [-0.4, -0.2) is 29.2 Å². The molecule has 2 aliphatic rings. The van der Waals surface area contributed by atoms with Gasteiger partial charge in [0.1, 0.15) is 18.1 Å². The van der Waals surface area contributed by atoms with Gasteiger partial charge < -0.3 is 9.73 Å². The van der Waals surface area contributed by atoms with Crippen molar-refractivity contribution in [3.63, 3.8) is 0 Å². The lowest BCUT2D eigenvalue weighted by atomic mass is 9.81. The first-order valence-corrected chi connectivity index (χ1v) is 10.3. The fourth-order valence-corrected chi connectivity index (χ4v) is 4.28. The average Bonchev–Trinajstić information content (AvgIpc) is 3.27. The van der Waals surface area contributed by atoms with Crippen molar-refractivity contribution in [3.8, 4) is 11.3 Å². The van der Waals surface area contributed by atoms with E-state index in [1.807, 2.05) is 30.3 Å². The van der Waals surface area contributed by atoms with E-state index in [1.54, 1.807) is 6.07 Å². The molecule has 1 aliphatic carbocycles. The highest BCUT2D eigenvalue weighted by molar-refractivity contribution is 9.10. The molecule has 1 aromatic heterocycles. The third-order valence-corrected chi connectivity index (χ3v) is 6.01. The van der Waals surface area contributed by atoms with Crippen LogP contribution in [0.2, 0.25) is 0 Å². The minimum absolute atomic E-state index is 0.194. The second-order valence-corrected chi connectivity index (χ2v) is 8.23. The Bertz CT molecular complexity index is 881. The van der Waals surface area contributed by atoms with Crippen molar-refractivity contribution in [2.24, 2.45) is 11.8 Å². The Balaban J connectivity index is 1.33. The molecule has 4 rings (SSSR count). The molecule has 0 bridgehead atoms. The molecule has 2 aromatic rings. The van der Waals surface area contributed by atoms with Crippen LogP contribution in [0.1, 0.15) is 31.4 Å². The molecular formula is C21H21BrN2O4. The van der Waals surface area contributed by atoms with Gasteiger partial charge in [0.25, 0.3) is 0 Å². The van der Waals surface area contributed by atoms with Crippen molar-refractivity contribution < 1.29 is 18.8 Å². The number of fused-ring (bicyclic) bond motifs is 1. The van der Waals surface area contributed by atoms with E-state index in [2.05, 4.69) is 21.2 Å². The standard InChI is InChI=1S/C21H21BrN2O4/c22-14-7-5-13(6-8-14)18-10-9-15(28-18)11-23-19(25)12-24-20(26)16-3-1-2-4-17(16)21(24)27/h5-10,16-17H,1-4,11-12H2,(H,23,25). The van der Waals surface area contributed by atoms with E-state index < -0.39 is 0 Å². The summed E-state index contributed by atoms with van der Waals surface area (Å²) in [6.45, 7) is -0.0105. The van der Waals surface area contributed by atoms with Gasteiger partial charge in [-0.25, -0.2) is 0 Å². The van der Waals surface area contributed by atoms with E-state index in [-0.39, 0.29) is 42.6 Å². The van der Waals surface area contributed by atoms with Crippen molar-refractivity contribution in [2.45, 2.75) is 32.2 Å². The fourth-order valence-electron chi connectivity index (χ4n) is 4.01. The second kappa shape index (κ2) is 7.91. The lowest BCUT2D eigenvalue weighted by Gasteiger charge is -2.19. The largest absolute Gasteiger partial charge is 0.459 e. The van der Waals surface area contributed by atoms with Gasteiger partial charge in [0.2, 0.25) is 17.7 Å². The van der Waals surface area contributed by atoms with Crippen LogP contribution in [0.25, 0.3) is 11.3 Å². The zero-order valence-electron chi connectivity index (χ0n) is 15.3. The zero-order chi connectivity index (χ0) is 19.7. The minimum Gasteiger partial charge on any atom is -0.459 e. The maximum Gasteiger partial charge on any atom is 0.240 e. The van der Waals surface area contributed by atoms with Crippen LogP contribution in [0.15, 0.2) is 45.3 Å². The molecule has 2 heterocycles. The molecule has 3 amide bonds. The van der Waals surface area contributed by atoms with Crippen LogP contribution in [0.5, 0.6) is 0 Å². The Kier molecular flexibility index (Phi) is 5.35. The molecule has 2 unspecified atom stereocenters. The van der Waals surface area contributed by atoms with Crippen molar-refractivity contribution in [2.75, 3.05) is 6.54 Å². The first-order chi connectivity index (χ1) is 13.5. The zero-order valence-corrected chi connectivity index (χ0v) is 16.9. The van der Waals surface area contributed by atoms with Gasteiger partial charge in [-0.05, 0) is 37.1 Å². The van der Waals surface area contributed by atoms with Gasteiger partial charge >= 0.3 is 0 Å². The second-order valence-electron chi connectivity index (χ2n) is 7.31. The molecule has 1 aliphatic heterocycles. The van der Waals surface area contributed by atoms with Gasteiger partial charge in [0.15, 0.2) is 0 Å². The third kappa shape index (κ3) is 3.76. The van der Waals surface area contributed by atoms with E-state index in [0.29, 0.717) is 11.5 Å². The van der Waals surface area contributed by atoms with Crippen molar-refractivity contribution in [1.82, 2.24) is 10.2 Å². The Morgan fingerprint density at radius 1 is 1.04 bits per heavy atom. The van der Waals surface area contributed by atoms with Gasteiger partial charge in [-0.2, -0.15) is 0 Å². The van der Waals surface area contributed by atoms with E-state index in [9.17, 15) is 14.4 Å². The number of likely N-dealkylation sites (tertiary alicyclic amines) is 1. The van der Waals surface area contributed by atoms with Crippen LogP contribution in [0.3, 0.4) is 0 Å². The maximum atomic E-state index is 12.4. The predicted octanol–water partition coefficient (Wildman–Crippen LogP) is 3.50. The number of amides is 3. The summed E-state index contributed by atoms with van der Waals surface area (Å²) in [5.74, 6) is 0.118. The normalized spacial score (nSPS) is 21.7. The number of benzene rings is 1. The summed E-state index contributed by atoms with van der Waals surface area (Å²) in [6.07, 6.45) is 3.44. The Hall–Kier alpha value is -2.41. The van der Waals surface area contributed by atoms with E-state index in [1.165, 1.54) is 0 Å². The van der Waals surface area contributed by atoms with Crippen molar-refractivity contribution >= 4 is 33.7 Å². The van der Waals surface area contributed by atoms with Gasteiger partial charge in [-0.3, -0.25) is 19.3 Å². The maximum absolute atomic E-state index is 12.4. The Labute approximate surface area is 171 Å². The number of nitrogens with zero attached hydrogens (tertiary/aromatic N) is 1. The molecule has 6 nitrogen and oxygen atoms in total. The number of halogens is 1. The lowest BCUT2D eigenvalue weighted by Crippen LogP contribution is -2.40. The molecule has 0 spiro atoms. The number of imide groups is 1. The van der Waals surface area contributed by atoms with Gasteiger partial charge in [0, 0.05) is 10.0 Å². The van der Waals surface area contributed by atoms with E-state index in [4.69, 9.17) is 4.42 Å². The quantitative estimate of drug-likeness (QED) is 0.715. The van der Waals surface area contributed by atoms with Crippen LogP contribution in [-0.2, 0) is 20.9 Å². The number of hydrogen-bond acceptors (Lipinski definition) is 4. The number of carbonyl (C=O) groups is 3. The van der Waals surface area contributed by atoms with Crippen LogP contribution in [0.4, 0.5) is 0 Å². The molecule has 1 N–H and O–H groups in total. The molecule has 28 heavy (non-hydrogen) atoms. The first-order valence-electron chi connectivity index (χ1n) is 9.49. The molecular weight excluding hydrogens is 424 g/mol. The minimum atomic E-state index is -0.359. The van der Waals surface area contributed by atoms with Crippen LogP contribution < -0.4 is 5.32 Å². The highest BCUT2D eigenvalue weighted by Gasteiger charge is 2.48. The van der Waals surface area contributed by atoms with Crippen molar-refractivity contribution in [1.29, 1.82) is 0 Å². The molecule has 1 aromatic carbocycles. The molecule has 2 atom stereocenters. The smallest absolute Gasteiger partial charge is 0.240 e. The van der Waals surface area contributed by atoms with E-state index >= 15 is 0 Å². The number of hydrogen-bond donors (Lipinski definition) is 1. The van der Waals surface area contributed by atoms with Gasteiger partial charge in [-0.1, -0.05) is 40.9 Å². The summed E-state index contributed by atoms with van der Waals surface area (Å²) in [5, 5.41) is 2.74. The van der Waals surface area contributed by atoms with Gasteiger partial charge in [-0.15, -0.1) is 0 Å². The average molecular weight is 445 g/mol. The van der Waals surface area contributed by atoms with Gasteiger partial charge in [0.05, 0.1) is 18.4 Å². The van der Waals surface area contributed by atoms with Crippen LogP contribution >= 0.6 is 15.9 Å². The number of furan rings is 1. The summed E-state index contributed by atoms with van der Waals surface area (Å²) in [6, 6.07) is 11.4. The highest BCUT2D eigenvalue weighted by Crippen LogP contribution is 2.37.